The summed E-state index contributed by atoms with van der Waals surface area (Å²) < 4.78 is 5.17. The van der Waals surface area contributed by atoms with Crippen LogP contribution in [0.1, 0.15) is 17.0 Å². The first-order chi connectivity index (χ1) is 14.2. The maximum absolute atomic E-state index is 13.6. The molecule has 0 atom stereocenters. The van der Waals surface area contributed by atoms with Gasteiger partial charge in [-0.15, -0.1) is 11.3 Å². The van der Waals surface area contributed by atoms with Gasteiger partial charge >= 0.3 is 0 Å². The van der Waals surface area contributed by atoms with Crippen LogP contribution in [0.25, 0.3) is 0 Å². The normalized spacial score (nSPS) is 10.7. The highest BCUT2D eigenvalue weighted by Crippen LogP contribution is 2.27. The van der Waals surface area contributed by atoms with E-state index in [9.17, 15) is 9.59 Å². The molecule has 1 aromatic heterocycles. The van der Waals surface area contributed by atoms with E-state index >= 15 is 0 Å². The van der Waals surface area contributed by atoms with Gasteiger partial charge in [-0.05, 0) is 11.1 Å². The van der Waals surface area contributed by atoms with Crippen LogP contribution in [0.4, 0.5) is 5.13 Å². The van der Waals surface area contributed by atoms with Gasteiger partial charge in [0.25, 0.3) is 0 Å². The Hall–Kier alpha value is -3.03. The Labute approximate surface area is 174 Å². The lowest BCUT2D eigenvalue weighted by Gasteiger charge is -2.27. The highest BCUT2D eigenvalue weighted by atomic mass is 32.1. The minimum atomic E-state index is -0.498. The predicted octanol–water partition coefficient (Wildman–Crippen LogP) is 3.39. The van der Waals surface area contributed by atoms with Gasteiger partial charge in [0.15, 0.2) is 5.13 Å². The van der Waals surface area contributed by atoms with Crippen molar-refractivity contribution < 1.29 is 14.3 Å². The van der Waals surface area contributed by atoms with Crippen LogP contribution in [0.2, 0.25) is 0 Å². The summed E-state index contributed by atoms with van der Waals surface area (Å²) in [5.74, 6) is -0.931. The van der Waals surface area contributed by atoms with E-state index in [1.54, 1.807) is 18.7 Å². The third-order valence-corrected chi connectivity index (χ3v) is 5.09. The zero-order chi connectivity index (χ0) is 20.5. The summed E-state index contributed by atoms with van der Waals surface area (Å²) >= 11 is 1.33. The number of benzene rings is 2. The van der Waals surface area contributed by atoms with Crippen molar-refractivity contribution in [3.8, 4) is 0 Å². The van der Waals surface area contributed by atoms with Gasteiger partial charge in [-0.25, -0.2) is 4.98 Å². The lowest BCUT2D eigenvalue weighted by molar-refractivity contribution is -0.135. The zero-order valence-electron chi connectivity index (χ0n) is 16.2. The van der Waals surface area contributed by atoms with Crippen LogP contribution in [0.5, 0.6) is 0 Å². The van der Waals surface area contributed by atoms with E-state index in [0.717, 1.165) is 11.1 Å². The third kappa shape index (κ3) is 5.73. The van der Waals surface area contributed by atoms with Crippen molar-refractivity contribution in [1.29, 1.82) is 0 Å². The van der Waals surface area contributed by atoms with E-state index in [1.165, 1.54) is 16.2 Å². The largest absolute Gasteiger partial charge is 0.383 e. The van der Waals surface area contributed by atoms with Gasteiger partial charge in [0.2, 0.25) is 11.8 Å². The second-order valence-electron chi connectivity index (χ2n) is 6.39. The molecule has 0 unspecified atom stereocenters. The molecule has 3 rings (SSSR count). The van der Waals surface area contributed by atoms with Gasteiger partial charge in [-0.2, -0.15) is 0 Å². The average Bonchev–Trinajstić information content (AvgIpc) is 3.25. The first kappa shape index (κ1) is 20.7. The molecule has 1 heterocycles. The molecule has 2 amide bonds. The number of nitrogens with zero attached hydrogens (tertiary/aromatic N) is 2. The number of methoxy groups -OCH3 is 1. The van der Waals surface area contributed by atoms with Gasteiger partial charge in [0.1, 0.15) is 6.54 Å². The monoisotopic (exact) mass is 409 g/mol. The van der Waals surface area contributed by atoms with E-state index in [2.05, 4.69) is 10.3 Å². The number of carbonyl (C=O) groups is 2. The molecule has 0 fully saturated rings. The second-order valence-corrected chi connectivity index (χ2v) is 7.29. The van der Waals surface area contributed by atoms with Crippen LogP contribution in [0.15, 0.2) is 72.2 Å². The number of carbonyl (C=O) groups excluding carboxylic acids is 2. The molecule has 0 aliphatic heterocycles. The van der Waals surface area contributed by atoms with Gasteiger partial charge in [0.05, 0.1) is 12.5 Å². The molecule has 29 heavy (non-hydrogen) atoms. The van der Waals surface area contributed by atoms with E-state index < -0.39 is 5.92 Å². The number of amides is 2. The van der Waals surface area contributed by atoms with Gasteiger partial charge in [0, 0.05) is 25.2 Å². The second kappa shape index (κ2) is 10.5. The molecule has 150 valence electrons. The smallest absolute Gasteiger partial charge is 0.245 e. The molecule has 0 radical (unpaired) electrons. The Morgan fingerprint density at radius 1 is 1.07 bits per heavy atom. The fourth-order valence-electron chi connectivity index (χ4n) is 3.04. The van der Waals surface area contributed by atoms with Crippen molar-refractivity contribution in [3.63, 3.8) is 0 Å². The lowest BCUT2D eigenvalue weighted by atomic mass is 9.90. The van der Waals surface area contributed by atoms with Crippen LogP contribution in [0.3, 0.4) is 0 Å². The topological polar surface area (TPSA) is 71.5 Å². The highest BCUT2D eigenvalue weighted by molar-refractivity contribution is 7.13. The summed E-state index contributed by atoms with van der Waals surface area (Å²) in [6.45, 7) is 0.585. The number of thiazole rings is 1. The Balaban J connectivity index is 1.85. The Morgan fingerprint density at radius 3 is 2.21 bits per heavy atom. The summed E-state index contributed by atoms with van der Waals surface area (Å²) in [6.07, 6.45) is 1.62. The molecule has 7 heteroatoms. The highest BCUT2D eigenvalue weighted by Gasteiger charge is 2.28. The molecule has 0 saturated carbocycles. The Kier molecular flexibility index (Phi) is 7.49. The molecule has 3 aromatic rings. The molecule has 2 aromatic carbocycles. The molecular formula is C22H23N3O3S. The predicted molar refractivity (Wildman–Crippen MR) is 114 cm³/mol. The molecule has 0 aliphatic carbocycles. The number of ether oxygens (including phenoxy) is 1. The first-order valence-electron chi connectivity index (χ1n) is 9.26. The van der Waals surface area contributed by atoms with E-state index in [4.69, 9.17) is 4.74 Å². The van der Waals surface area contributed by atoms with Gasteiger partial charge in [-0.1, -0.05) is 60.7 Å². The molecule has 0 saturated heterocycles. The van der Waals surface area contributed by atoms with Gasteiger partial charge < -0.3 is 15.0 Å². The quantitative estimate of drug-likeness (QED) is 0.588. The van der Waals surface area contributed by atoms with Crippen LogP contribution >= 0.6 is 11.3 Å². The fraction of sp³-hybridized carbons (Fsp3) is 0.227. The van der Waals surface area contributed by atoms with Gasteiger partial charge in [-0.3, -0.25) is 9.59 Å². The minimum Gasteiger partial charge on any atom is -0.383 e. The molecule has 0 bridgehead atoms. The molecule has 1 N–H and O–H groups in total. The summed E-state index contributed by atoms with van der Waals surface area (Å²) in [6, 6.07) is 19.2. The van der Waals surface area contributed by atoms with E-state index in [0.29, 0.717) is 18.3 Å². The summed E-state index contributed by atoms with van der Waals surface area (Å²) in [5, 5.41) is 5.03. The van der Waals surface area contributed by atoms with Crippen LogP contribution < -0.4 is 5.32 Å². The van der Waals surface area contributed by atoms with Crippen molar-refractivity contribution in [2.45, 2.75) is 5.92 Å². The summed E-state index contributed by atoms with van der Waals surface area (Å²) in [4.78, 5) is 31.7. The average molecular weight is 410 g/mol. The van der Waals surface area contributed by atoms with Crippen molar-refractivity contribution in [1.82, 2.24) is 9.88 Å². The van der Waals surface area contributed by atoms with Crippen molar-refractivity contribution >= 4 is 28.3 Å². The number of hydrogen-bond donors (Lipinski definition) is 1. The third-order valence-electron chi connectivity index (χ3n) is 4.40. The Morgan fingerprint density at radius 2 is 1.69 bits per heavy atom. The van der Waals surface area contributed by atoms with E-state index in [-0.39, 0.29) is 18.4 Å². The number of anilines is 1. The molecule has 6 nitrogen and oxygen atoms in total. The maximum atomic E-state index is 13.6. The molecular weight excluding hydrogens is 386 g/mol. The summed E-state index contributed by atoms with van der Waals surface area (Å²) in [7, 11) is 1.57. The van der Waals surface area contributed by atoms with Crippen LogP contribution in [0, 0.1) is 0 Å². The van der Waals surface area contributed by atoms with Crippen LogP contribution in [-0.2, 0) is 14.3 Å². The Bertz CT molecular complexity index is 862. The lowest BCUT2D eigenvalue weighted by Crippen LogP contribution is -2.42. The standard InChI is InChI=1S/C22H23N3O3S/c1-28-14-13-25(16-19(26)24-22-23-12-15-29-22)21(27)20(17-8-4-2-5-9-17)18-10-6-3-7-11-18/h2-12,15,20H,13-14,16H2,1H3,(H,23,24,26). The molecule has 0 aliphatic rings. The summed E-state index contributed by atoms with van der Waals surface area (Å²) in [5.41, 5.74) is 1.76. The number of hydrogen-bond acceptors (Lipinski definition) is 5. The molecule has 0 spiro atoms. The first-order valence-corrected chi connectivity index (χ1v) is 10.1. The van der Waals surface area contributed by atoms with Crippen molar-refractivity contribution in [2.75, 3.05) is 32.1 Å². The fourth-order valence-corrected chi connectivity index (χ4v) is 3.58. The number of rotatable bonds is 9. The van der Waals surface area contributed by atoms with Crippen molar-refractivity contribution in [3.05, 3.63) is 83.4 Å². The van der Waals surface area contributed by atoms with Crippen molar-refractivity contribution in [2.24, 2.45) is 0 Å². The number of aromatic nitrogens is 1. The minimum absolute atomic E-state index is 0.0715. The zero-order valence-corrected chi connectivity index (χ0v) is 17.0. The maximum Gasteiger partial charge on any atom is 0.245 e. The SMILES string of the molecule is COCCN(CC(=O)Nc1nccs1)C(=O)C(c1ccccc1)c1ccccc1. The number of nitrogens with one attached hydrogen (secondary N) is 1. The van der Waals surface area contributed by atoms with Crippen LogP contribution in [-0.4, -0.2) is 48.5 Å². The van der Waals surface area contributed by atoms with E-state index in [1.807, 2.05) is 60.7 Å².